The largest absolute Gasteiger partial charge is 0.393 e. The highest BCUT2D eigenvalue weighted by atomic mass is 19.1. The molecule has 0 amide bonds. The van der Waals surface area contributed by atoms with E-state index in [1.165, 1.54) is 0 Å². The molecule has 4 heteroatoms. The smallest absolute Gasteiger partial charge is 0.117 e. The van der Waals surface area contributed by atoms with Gasteiger partial charge >= 0.3 is 0 Å². The second kappa shape index (κ2) is 4.74. The summed E-state index contributed by atoms with van der Waals surface area (Å²) in [6.45, 7) is 1.23. The Kier molecular flexibility index (Phi) is 3.91. The van der Waals surface area contributed by atoms with Crippen LogP contribution in [-0.4, -0.2) is 53.6 Å². The summed E-state index contributed by atoms with van der Waals surface area (Å²) in [6, 6.07) is 0. The average Bonchev–Trinajstić information content (AvgIpc) is 2.09. The first-order valence-electron chi connectivity index (χ1n) is 4.37. The summed E-state index contributed by atoms with van der Waals surface area (Å²) in [5, 5.41) is 18.2. The van der Waals surface area contributed by atoms with Crippen molar-refractivity contribution in [3.8, 4) is 0 Å². The van der Waals surface area contributed by atoms with Crippen LogP contribution < -0.4 is 0 Å². The van der Waals surface area contributed by atoms with Gasteiger partial charge in [0, 0.05) is 19.6 Å². The van der Waals surface area contributed by atoms with Crippen LogP contribution in [0.2, 0.25) is 0 Å². The zero-order chi connectivity index (χ0) is 8.97. The third-order valence-corrected chi connectivity index (χ3v) is 2.20. The Bertz CT molecular complexity index is 126. The normalized spacial score (nSPS) is 24.2. The minimum absolute atomic E-state index is 0.205. The molecule has 0 radical (unpaired) electrons. The second-order valence-corrected chi connectivity index (χ2v) is 3.34. The van der Waals surface area contributed by atoms with Crippen LogP contribution >= 0.6 is 0 Å². The van der Waals surface area contributed by atoms with E-state index in [-0.39, 0.29) is 6.10 Å². The number of aliphatic hydroxyl groups excluding tert-OH is 2. The fourth-order valence-corrected chi connectivity index (χ4v) is 1.45. The molecule has 3 nitrogen and oxygen atoms in total. The fraction of sp³-hybridized carbons (Fsp3) is 1.00. The van der Waals surface area contributed by atoms with Gasteiger partial charge in [0.25, 0.3) is 0 Å². The topological polar surface area (TPSA) is 43.7 Å². The van der Waals surface area contributed by atoms with Gasteiger partial charge in [0.15, 0.2) is 0 Å². The van der Waals surface area contributed by atoms with Crippen molar-refractivity contribution in [2.75, 3.05) is 26.3 Å². The fourth-order valence-electron chi connectivity index (χ4n) is 1.45. The number of likely N-dealkylation sites (tertiary alicyclic amines) is 1. The number of β-amino-alcohol motifs (C(OH)–C–C–N with tert-alkyl or cyclic N) is 1. The molecule has 1 rings (SSSR count). The first-order valence-corrected chi connectivity index (χ1v) is 4.37. The van der Waals surface area contributed by atoms with Gasteiger partial charge in [0.1, 0.15) is 6.67 Å². The molecule has 72 valence electrons. The molecule has 0 aliphatic carbocycles. The summed E-state index contributed by atoms with van der Waals surface area (Å²) in [5.41, 5.74) is 0. The Morgan fingerprint density at radius 3 is 2.50 bits per heavy atom. The molecule has 1 aliphatic heterocycles. The van der Waals surface area contributed by atoms with Crippen molar-refractivity contribution >= 4 is 0 Å². The quantitative estimate of drug-likeness (QED) is 0.626. The van der Waals surface area contributed by atoms with Crippen molar-refractivity contribution in [1.82, 2.24) is 4.90 Å². The van der Waals surface area contributed by atoms with Gasteiger partial charge in [-0.05, 0) is 12.8 Å². The van der Waals surface area contributed by atoms with Crippen LogP contribution in [0.25, 0.3) is 0 Å². The molecule has 1 atom stereocenters. The number of halogens is 1. The highest BCUT2D eigenvalue weighted by Gasteiger charge is 2.18. The van der Waals surface area contributed by atoms with E-state index in [0.29, 0.717) is 6.54 Å². The standard InChI is InChI=1S/C8H16FNO2/c9-5-8(12)6-10-3-1-7(11)2-4-10/h7-8,11-12H,1-6H2. The van der Waals surface area contributed by atoms with Gasteiger partial charge in [-0.25, -0.2) is 4.39 Å². The third-order valence-electron chi connectivity index (χ3n) is 2.20. The molecule has 1 heterocycles. The third kappa shape index (κ3) is 3.05. The van der Waals surface area contributed by atoms with Crippen LogP contribution in [-0.2, 0) is 0 Å². The van der Waals surface area contributed by atoms with Gasteiger partial charge < -0.3 is 15.1 Å². The molecule has 1 unspecified atom stereocenters. The average molecular weight is 177 g/mol. The maximum atomic E-state index is 11.9. The van der Waals surface area contributed by atoms with E-state index < -0.39 is 12.8 Å². The molecule has 0 aromatic heterocycles. The van der Waals surface area contributed by atoms with Crippen molar-refractivity contribution in [2.24, 2.45) is 0 Å². The Labute approximate surface area is 71.8 Å². The Balaban J connectivity index is 2.17. The Morgan fingerprint density at radius 1 is 1.42 bits per heavy atom. The van der Waals surface area contributed by atoms with E-state index in [4.69, 9.17) is 10.2 Å². The van der Waals surface area contributed by atoms with E-state index in [0.717, 1.165) is 25.9 Å². The van der Waals surface area contributed by atoms with Gasteiger partial charge in [-0.1, -0.05) is 0 Å². The van der Waals surface area contributed by atoms with E-state index in [1.807, 2.05) is 4.90 Å². The molecule has 1 fully saturated rings. The number of piperidine rings is 1. The van der Waals surface area contributed by atoms with E-state index in [9.17, 15) is 4.39 Å². The molecule has 0 spiro atoms. The summed E-state index contributed by atoms with van der Waals surface area (Å²) < 4.78 is 11.9. The number of rotatable bonds is 3. The molecule has 2 N–H and O–H groups in total. The molecule has 0 bridgehead atoms. The van der Waals surface area contributed by atoms with Crippen molar-refractivity contribution in [1.29, 1.82) is 0 Å². The lowest BCUT2D eigenvalue weighted by Gasteiger charge is -2.30. The van der Waals surface area contributed by atoms with Crippen LogP contribution in [0.1, 0.15) is 12.8 Å². The molecule has 0 saturated carbocycles. The van der Waals surface area contributed by atoms with Gasteiger partial charge in [-0.15, -0.1) is 0 Å². The molecular weight excluding hydrogens is 161 g/mol. The minimum atomic E-state index is -0.861. The van der Waals surface area contributed by atoms with Crippen LogP contribution in [0.3, 0.4) is 0 Å². The van der Waals surface area contributed by atoms with Gasteiger partial charge in [0.2, 0.25) is 0 Å². The molecular formula is C8H16FNO2. The molecule has 0 aromatic rings. The number of hydrogen-bond acceptors (Lipinski definition) is 3. The Hall–Kier alpha value is -0.190. The number of aliphatic hydroxyl groups is 2. The lowest BCUT2D eigenvalue weighted by Crippen LogP contribution is -2.40. The van der Waals surface area contributed by atoms with Gasteiger partial charge in [-0.2, -0.15) is 0 Å². The maximum Gasteiger partial charge on any atom is 0.117 e. The predicted molar refractivity (Wildman–Crippen MR) is 43.7 cm³/mol. The van der Waals surface area contributed by atoms with Crippen LogP contribution in [0.5, 0.6) is 0 Å². The number of hydrogen-bond donors (Lipinski definition) is 2. The summed E-state index contributed by atoms with van der Waals surface area (Å²) in [5.74, 6) is 0. The summed E-state index contributed by atoms with van der Waals surface area (Å²) in [6.07, 6.45) is 0.405. The SMILES string of the molecule is OC1CCN(CC(O)CF)CC1. The highest BCUT2D eigenvalue weighted by Crippen LogP contribution is 2.09. The number of alkyl halides is 1. The summed E-state index contributed by atoms with van der Waals surface area (Å²) in [7, 11) is 0. The number of nitrogens with zero attached hydrogens (tertiary/aromatic N) is 1. The zero-order valence-electron chi connectivity index (χ0n) is 7.12. The molecule has 0 aromatic carbocycles. The molecule has 1 saturated heterocycles. The van der Waals surface area contributed by atoms with Crippen molar-refractivity contribution in [3.05, 3.63) is 0 Å². The second-order valence-electron chi connectivity index (χ2n) is 3.34. The first-order chi connectivity index (χ1) is 5.72. The van der Waals surface area contributed by atoms with Crippen molar-refractivity contribution in [2.45, 2.75) is 25.0 Å². The van der Waals surface area contributed by atoms with Crippen LogP contribution in [0, 0.1) is 0 Å². The maximum absolute atomic E-state index is 11.9. The molecule has 12 heavy (non-hydrogen) atoms. The lowest BCUT2D eigenvalue weighted by molar-refractivity contribution is 0.0431. The zero-order valence-corrected chi connectivity index (χ0v) is 7.12. The lowest BCUT2D eigenvalue weighted by atomic mass is 10.1. The van der Waals surface area contributed by atoms with E-state index >= 15 is 0 Å². The molecule has 1 aliphatic rings. The van der Waals surface area contributed by atoms with E-state index in [1.54, 1.807) is 0 Å². The predicted octanol–water partition coefficient (Wildman–Crippen LogP) is -0.227. The van der Waals surface area contributed by atoms with Crippen molar-refractivity contribution in [3.63, 3.8) is 0 Å². The Morgan fingerprint density at radius 2 is 2.00 bits per heavy atom. The monoisotopic (exact) mass is 177 g/mol. The summed E-state index contributed by atoms with van der Waals surface area (Å²) in [4.78, 5) is 1.98. The van der Waals surface area contributed by atoms with Crippen LogP contribution in [0.4, 0.5) is 4.39 Å². The highest BCUT2D eigenvalue weighted by molar-refractivity contribution is 4.72. The summed E-state index contributed by atoms with van der Waals surface area (Å²) >= 11 is 0. The van der Waals surface area contributed by atoms with Crippen LogP contribution in [0.15, 0.2) is 0 Å². The van der Waals surface area contributed by atoms with Crippen molar-refractivity contribution < 1.29 is 14.6 Å². The first kappa shape index (κ1) is 9.89. The van der Waals surface area contributed by atoms with E-state index in [2.05, 4.69) is 0 Å². The van der Waals surface area contributed by atoms with Gasteiger partial charge in [0.05, 0.1) is 12.2 Å². The minimum Gasteiger partial charge on any atom is -0.393 e. The van der Waals surface area contributed by atoms with Gasteiger partial charge in [-0.3, -0.25) is 0 Å².